The van der Waals surface area contributed by atoms with E-state index in [9.17, 15) is 24.8 Å². The van der Waals surface area contributed by atoms with Crippen molar-refractivity contribution in [2.45, 2.75) is 6.92 Å². The van der Waals surface area contributed by atoms with Crippen LogP contribution in [-0.4, -0.2) is 28.3 Å². The maximum atomic E-state index is 13.8. The molecular formula is C22H21N4O6P. The molecule has 0 aliphatic rings. The topological polar surface area (TPSA) is 137 Å². The Morgan fingerprint density at radius 3 is 2.18 bits per heavy atom. The van der Waals surface area contributed by atoms with E-state index >= 15 is 0 Å². The van der Waals surface area contributed by atoms with E-state index in [0.717, 1.165) is 12.1 Å². The van der Waals surface area contributed by atoms with Gasteiger partial charge in [-0.05, 0) is 30.7 Å². The van der Waals surface area contributed by atoms with E-state index < -0.39 is 28.6 Å². The summed E-state index contributed by atoms with van der Waals surface area (Å²) in [4.78, 5) is 21.0. The molecule has 3 aromatic carbocycles. The van der Waals surface area contributed by atoms with Crippen molar-refractivity contribution < 1.29 is 18.9 Å². The van der Waals surface area contributed by atoms with Gasteiger partial charge in [0.15, 0.2) is 0 Å². The Balaban J connectivity index is 2.03. The molecule has 0 radical (unpaired) electrons. The van der Waals surface area contributed by atoms with Crippen LogP contribution in [0.25, 0.3) is 0 Å². The first-order valence-corrected chi connectivity index (χ1v) is 11.7. The number of non-ortho nitro benzene ring substituents is 1. The third-order valence-electron chi connectivity index (χ3n) is 4.65. The highest BCUT2D eigenvalue weighted by atomic mass is 31.2. The van der Waals surface area contributed by atoms with Crippen molar-refractivity contribution in [3.05, 3.63) is 105 Å². The third-order valence-corrected chi connectivity index (χ3v) is 7.13. The van der Waals surface area contributed by atoms with Crippen molar-refractivity contribution in [2.75, 3.05) is 18.2 Å². The van der Waals surface area contributed by atoms with Gasteiger partial charge in [0.25, 0.3) is 5.69 Å². The highest BCUT2D eigenvalue weighted by Crippen LogP contribution is 2.46. The molecule has 170 valence electrons. The Morgan fingerprint density at radius 2 is 1.61 bits per heavy atom. The first-order valence-electron chi connectivity index (χ1n) is 9.94. The van der Waals surface area contributed by atoms with Crippen LogP contribution in [0.4, 0.5) is 17.1 Å². The molecule has 1 atom stereocenters. The lowest BCUT2D eigenvalue weighted by Crippen LogP contribution is -2.18. The molecule has 0 fully saturated rings. The highest BCUT2D eigenvalue weighted by Gasteiger charge is 2.29. The summed E-state index contributed by atoms with van der Waals surface area (Å²) in [6.45, 7) is 1.96. The van der Waals surface area contributed by atoms with Crippen LogP contribution in [0.1, 0.15) is 12.5 Å². The summed E-state index contributed by atoms with van der Waals surface area (Å²) >= 11 is 0. The number of benzene rings is 3. The summed E-state index contributed by atoms with van der Waals surface area (Å²) in [7, 11) is -3.36. The molecule has 10 nitrogen and oxygen atoms in total. The molecule has 0 aromatic heterocycles. The fourth-order valence-electron chi connectivity index (χ4n) is 3.10. The number of nitro benzene ring substituents is 2. The van der Waals surface area contributed by atoms with Gasteiger partial charge in [-0.25, -0.2) is 0 Å². The number of nitro groups is 2. The highest BCUT2D eigenvalue weighted by molar-refractivity contribution is 7.67. The maximum absolute atomic E-state index is 13.8. The number of hydrogen-bond acceptors (Lipinski definition) is 8. The van der Waals surface area contributed by atoms with Gasteiger partial charge in [-0.1, -0.05) is 48.5 Å². The Bertz CT molecular complexity index is 1220. The molecule has 0 aliphatic carbocycles. The molecule has 11 heteroatoms. The zero-order valence-electron chi connectivity index (χ0n) is 17.7. The number of nitrogens with one attached hydrogen (secondary N) is 1. The van der Waals surface area contributed by atoms with Gasteiger partial charge in [0.1, 0.15) is 5.69 Å². The quantitative estimate of drug-likeness (QED) is 0.192. The van der Waals surface area contributed by atoms with E-state index in [1.54, 1.807) is 61.5 Å². The maximum Gasteiger partial charge on any atom is 0.301 e. The first-order chi connectivity index (χ1) is 15.8. The van der Waals surface area contributed by atoms with Crippen LogP contribution in [0.15, 0.2) is 84.0 Å². The SMILES string of the molecule is CCOP(=O)(C/C(=N\Nc1ccc([N+](=O)[O-])cc1[N+](=O)[O-])c1ccccc1)c1ccccc1. The van der Waals surface area contributed by atoms with Crippen LogP contribution in [-0.2, 0) is 9.09 Å². The second kappa shape index (κ2) is 10.6. The number of rotatable bonds is 10. The van der Waals surface area contributed by atoms with Crippen LogP contribution in [0.5, 0.6) is 0 Å². The van der Waals surface area contributed by atoms with Crippen LogP contribution < -0.4 is 10.7 Å². The average Bonchev–Trinajstić information content (AvgIpc) is 2.83. The van der Waals surface area contributed by atoms with E-state index in [1.165, 1.54) is 6.07 Å². The van der Waals surface area contributed by atoms with E-state index in [4.69, 9.17) is 4.52 Å². The van der Waals surface area contributed by atoms with Crippen molar-refractivity contribution in [2.24, 2.45) is 5.10 Å². The molecule has 0 saturated carbocycles. The van der Waals surface area contributed by atoms with Crippen LogP contribution >= 0.6 is 7.37 Å². The predicted molar refractivity (Wildman–Crippen MR) is 127 cm³/mol. The van der Waals surface area contributed by atoms with Crippen molar-refractivity contribution in [1.29, 1.82) is 0 Å². The molecule has 1 N–H and O–H groups in total. The van der Waals surface area contributed by atoms with Crippen molar-refractivity contribution in [1.82, 2.24) is 0 Å². The van der Waals surface area contributed by atoms with Gasteiger partial charge in [-0.3, -0.25) is 30.2 Å². The molecule has 33 heavy (non-hydrogen) atoms. The zero-order valence-corrected chi connectivity index (χ0v) is 18.6. The number of hydrogen-bond donors (Lipinski definition) is 1. The first kappa shape index (κ1) is 23.8. The number of anilines is 1. The summed E-state index contributed by atoms with van der Waals surface area (Å²) < 4.78 is 19.5. The van der Waals surface area contributed by atoms with Crippen LogP contribution in [0, 0.1) is 20.2 Å². The monoisotopic (exact) mass is 468 g/mol. The van der Waals surface area contributed by atoms with Crippen LogP contribution in [0.2, 0.25) is 0 Å². The summed E-state index contributed by atoms with van der Waals surface area (Å²) in [5.74, 6) is 0. The number of hydrazone groups is 1. The lowest BCUT2D eigenvalue weighted by atomic mass is 10.1. The molecule has 3 rings (SSSR count). The minimum absolute atomic E-state index is 0.0371. The van der Waals surface area contributed by atoms with E-state index in [-0.39, 0.29) is 18.5 Å². The van der Waals surface area contributed by atoms with Gasteiger partial charge in [0, 0.05) is 11.4 Å². The molecule has 3 aromatic rings. The summed E-state index contributed by atoms with van der Waals surface area (Å²) in [6, 6.07) is 20.9. The smallest absolute Gasteiger partial charge is 0.301 e. The molecule has 0 spiro atoms. The normalized spacial score (nSPS) is 13.2. The zero-order chi connectivity index (χ0) is 23.8. The average molecular weight is 468 g/mol. The minimum atomic E-state index is -3.36. The molecule has 0 bridgehead atoms. The van der Waals surface area contributed by atoms with Gasteiger partial charge < -0.3 is 4.52 Å². The predicted octanol–water partition coefficient (Wildman–Crippen LogP) is 4.96. The third kappa shape index (κ3) is 5.88. The van der Waals surface area contributed by atoms with Gasteiger partial charge in [0.05, 0.1) is 34.4 Å². The minimum Gasteiger partial charge on any atom is -0.325 e. The summed E-state index contributed by atoms with van der Waals surface area (Å²) in [5, 5.41) is 27.3. The van der Waals surface area contributed by atoms with Gasteiger partial charge in [0.2, 0.25) is 7.37 Å². The molecule has 0 aliphatic heterocycles. The summed E-state index contributed by atoms with van der Waals surface area (Å²) in [5.41, 5.74) is 2.66. The largest absolute Gasteiger partial charge is 0.325 e. The van der Waals surface area contributed by atoms with Crippen molar-refractivity contribution in [3.8, 4) is 0 Å². The fraction of sp³-hybridized carbons (Fsp3) is 0.136. The van der Waals surface area contributed by atoms with Gasteiger partial charge in [-0.2, -0.15) is 5.10 Å². The Kier molecular flexibility index (Phi) is 7.66. The molecule has 1 unspecified atom stereocenters. The van der Waals surface area contributed by atoms with Crippen LogP contribution in [0.3, 0.4) is 0 Å². The van der Waals surface area contributed by atoms with E-state index in [0.29, 0.717) is 16.6 Å². The lowest BCUT2D eigenvalue weighted by molar-refractivity contribution is -0.393. The van der Waals surface area contributed by atoms with Gasteiger partial charge in [-0.15, -0.1) is 0 Å². The molecule has 0 saturated heterocycles. The second-order valence-electron chi connectivity index (χ2n) is 6.84. The van der Waals surface area contributed by atoms with E-state index in [1.807, 2.05) is 6.07 Å². The summed E-state index contributed by atoms with van der Waals surface area (Å²) in [6.07, 6.45) is -0.0668. The van der Waals surface area contributed by atoms with Gasteiger partial charge >= 0.3 is 5.69 Å². The second-order valence-corrected chi connectivity index (χ2v) is 9.27. The van der Waals surface area contributed by atoms with Crippen molar-refractivity contribution in [3.63, 3.8) is 0 Å². The Hall–Kier alpha value is -3.88. The van der Waals surface area contributed by atoms with Crippen molar-refractivity contribution >= 4 is 35.4 Å². The Morgan fingerprint density at radius 1 is 0.970 bits per heavy atom. The lowest BCUT2D eigenvalue weighted by Gasteiger charge is -2.19. The Labute approximate surface area is 189 Å². The molecule has 0 amide bonds. The molecular weight excluding hydrogens is 447 g/mol. The standard InChI is InChI=1S/C22H21N4O6P/c1-2-32-33(31,19-11-7-4-8-12-19)16-21(17-9-5-3-6-10-17)24-23-20-14-13-18(25(27)28)15-22(20)26(29)30/h3-15,23H,2,16H2,1H3/b24-21+. The number of nitrogens with zero attached hydrogens (tertiary/aromatic N) is 3. The van der Waals surface area contributed by atoms with E-state index in [2.05, 4.69) is 10.5 Å². The fourth-order valence-corrected chi connectivity index (χ4v) is 5.21. The molecule has 0 heterocycles.